The highest BCUT2D eigenvalue weighted by atomic mass is 16.6. The molecule has 7 nitrogen and oxygen atoms in total. The maximum atomic E-state index is 12.0. The molecule has 126 valence electrons. The number of aryl methyl sites for hydroxylation is 1. The minimum atomic E-state index is -0.502. The fourth-order valence-electron chi connectivity index (χ4n) is 2.51. The molecule has 0 aromatic heterocycles. The highest BCUT2D eigenvalue weighted by Crippen LogP contribution is 2.24. The zero-order chi connectivity index (χ0) is 17.2. The molecule has 0 bridgehead atoms. The summed E-state index contributed by atoms with van der Waals surface area (Å²) in [6, 6.07) is 4.85. The Morgan fingerprint density at radius 1 is 1.43 bits per heavy atom. The van der Waals surface area contributed by atoms with Crippen LogP contribution in [0, 0.1) is 17.0 Å². The first-order chi connectivity index (χ1) is 10.7. The number of nitrogens with one attached hydrogen (secondary N) is 1. The molecule has 0 saturated carbocycles. The second kappa shape index (κ2) is 6.44. The minimum absolute atomic E-state index is 0.0786. The van der Waals surface area contributed by atoms with Crippen LogP contribution < -0.4 is 5.32 Å². The normalized spacial score (nSPS) is 17.9. The number of hydrogen-bond acceptors (Lipinski definition) is 5. The predicted octanol–water partition coefficient (Wildman–Crippen LogP) is 3.32. The Kier molecular flexibility index (Phi) is 4.77. The third kappa shape index (κ3) is 4.58. The summed E-state index contributed by atoms with van der Waals surface area (Å²) >= 11 is 0. The molecule has 1 fully saturated rings. The molecule has 0 radical (unpaired) electrons. The molecule has 23 heavy (non-hydrogen) atoms. The van der Waals surface area contributed by atoms with Crippen molar-refractivity contribution in [2.45, 2.75) is 45.8 Å². The van der Waals surface area contributed by atoms with Gasteiger partial charge in [-0.1, -0.05) is 0 Å². The maximum absolute atomic E-state index is 12.0. The van der Waals surface area contributed by atoms with Gasteiger partial charge in [-0.2, -0.15) is 0 Å². The van der Waals surface area contributed by atoms with Crippen LogP contribution in [0.4, 0.5) is 16.2 Å². The van der Waals surface area contributed by atoms with E-state index in [1.807, 2.05) is 27.7 Å². The van der Waals surface area contributed by atoms with Crippen molar-refractivity contribution in [2.75, 3.05) is 18.4 Å². The standard InChI is InChI=1S/C16H23N3O4/c1-11-9-13(19(21)22)5-6-14(11)17-12-7-8-18(10-12)15(20)23-16(2,3)4/h5-6,9,12,17H,7-8,10H2,1-4H3. The largest absolute Gasteiger partial charge is 0.444 e. The SMILES string of the molecule is Cc1cc([N+](=O)[O-])ccc1NC1CCN(C(=O)OC(C)(C)C)C1. The maximum Gasteiger partial charge on any atom is 0.410 e. The van der Waals surface area contributed by atoms with E-state index < -0.39 is 10.5 Å². The van der Waals surface area contributed by atoms with E-state index in [4.69, 9.17) is 4.74 Å². The predicted molar refractivity (Wildman–Crippen MR) is 87.7 cm³/mol. The summed E-state index contributed by atoms with van der Waals surface area (Å²) in [5, 5.41) is 14.1. The zero-order valence-corrected chi connectivity index (χ0v) is 14.0. The molecule has 0 aliphatic carbocycles. The van der Waals surface area contributed by atoms with Gasteiger partial charge in [-0.05, 0) is 45.7 Å². The average molecular weight is 321 g/mol. The van der Waals surface area contributed by atoms with Gasteiger partial charge in [0.25, 0.3) is 5.69 Å². The molecule has 1 amide bonds. The summed E-state index contributed by atoms with van der Waals surface area (Å²) in [7, 11) is 0. The molecule has 1 atom stereocenters. The zero-order valence-electron chi connectivity index (χ0n) is 14.0. The van der Waals surface area contributed by atoms with Crippen LogP contribution in [-0.4, -0.2) is 40.6 Å². The first-order valence-corrected chi connectivity index (χ1v) is 7.65. The fraction of sp³-hybridized carbons (Fsp3) is 0.562. The lowest BCUT2D eigenvalue weighted by molar-refractivity contribution is -0.384. The molecular weight excluding hydrogens is 298 g/mol. The highest BCUT2D eigenvalue weighted by molar-refractivity contribution is 5.69. The Hall–Kier alpha value is -2.31. The monoisotopic (exact) mass is 321 g/mol. The Morgan fingerprint density at radius 2 is 2.13 bits per heavy atom. The number of non-ortho nitro benzene ring substituents is 1. The van der Waals surface area contributed by atoms with E-state index in [1.54, 1.807) is 17.0 Å². The Labute approximate surface area is 135 Å². The van der Waals surface area contributed by atoms with Crippen LogP contribution in [0.2, 0.25) is 0 Å². The summed E-state index contributed by atoms with van der Waals surface area (Å²) in [6.07, 6.45) is 0.512. The third-order valence-corrected chi connectivity index (χ3v) is 3.62. The van der Waals surface area contributed by atoms with Crippen molar-refractivity contribution in [3.63, 3.8) is 0 Å². The number of amides is 1. The van der Waals surface area contributed by atoms with Crippen LogP contribution in [0.25, 0.3) is 0 Å². The summed E-state index contributed by atoms with van der Waals surface area (Å²) in [4.78, 5) is 24.1. The number of ether oxygens (including phenoxy) is 1. The molecule has 1 saturated heterocycles. The molecule has 1 N–H and O–H groups in total. The van der Waals surface area contributed by atoms with Gasteiger partial charge in [0.1, 0.15) is 5.60 Å². The molecule has 0 spiro atoms. The van der Waals surface area contributed by atoms with E-state index in [9.17, 15) is 14.9 Å². The minimum Gasteiger partial charge on any atom is -0.444 e. The van der Waals surface area contributed by atoms with Crippen molar-refractivity contribution in [2.24, 2.45) is 0 Å². The number of hydrogen-bond donors (Lipinski definition) is 1. The van der Waals surface area contributed by atoms with Gasteiger partial charge in [-0.15, -0.1) is 0 Å². The fourth-order valence-corrected chi connectivity index (χ4v) is 2.51. The van der Waals surface area contributed by atoms with E-state index in [0.29, 0.717) is 13.1 Å². The lowest BCUT2D eigenvalue weighted by Gasteiger charge is -2.24. The van der Waals surface area contributed by atoms with E-state index in [2.05, 4.69) is 5.32 Å². The lowest BCUT2D eigenvalue weighted by atomic mass is 10.1. The van der Waals surface area contributed by atoms with Gasteiger partial charge in [-0.3, -0.25) is 10.1 Å². The molecule has 2 rings (SSSR count). The molecule has 7 heteroatoms. The quantitative estimate of drug-likeness (QED) is 0.682. The molecule has 1 aromatic carbocycles. The molecule has 1 aliphatic heterocycles. The van der Waals surface area contributed by atoms with Crippen molar-refractivity contribution < 1.29 is 14.5 Å². The second-order valence-electron chi connectivity index (χ2n) is 6.81. The Morgan fingerprint density at radius 3 is 2.70 bits per heavy atom. The molecule has 1 aromatic rings. The number of carbonyl (C=O) groups is 1. The van der Waals surface area contributed by atoms with Crippen LogP contribution in [0.1, 0.15) is 32.8 Å². The van der Waals surface area contributed by atoms with Gasteiger partial charge >= 0.3 is 6.09 Å². The first-order valence-electron chi connectivity index (χ1n) is 7.65. The van der Waals surface area contributed by atoms with E-state index in [1.165, 1.54) is 6.07 Å². The number of carbonyl (C=O) groups excluding carboxylic acids is 1. The number of nitro benzene ring substituents is 1. The third-order valence-electron chi connectivity index (χ3n) is 3.62. The Bertz CT molecular complexity index is 610. The van der Waals surface area contributed by atoms with Gasteiger partial charge in [0.2, 0.25) is 0 Å². The molecule has 1 heterocycles. The Balaban J connectivity index is 1.96. The smallest absolute Gasteiger partial charge is 0.410 e. The van der Waals surface area contributed by atoms with Crippen molar-refractivity contribution >= 4 is 17.5 Å². The van der Waals surface area contributed by atoms with Gasteiger partial charge in [0.05, 0.1) is 4.92 Å². The highest BCUT2D eigenvalue weighted by Gasteiger charge is 2.29. The van der Waals surface area contributed by atoms with Crippen LogP contribution in [0.3, 0.4) is 0 Å². The molecule has 1 unspecified atom stereocenters. The van der Waals surface area contributed by atoms with Gasteiger partial charge in [0.15, 0.2) is 0 Å². The summed E-state index contributed by atoms with van der Waals surface area (Å²) in [5.41, 5.74) is 1.24. The summed E-state index contributed by atoms with van der Waals surface area (Å²) < 4.78 is 5.37. The topological polar surface area (TPSA) is 84.7 Å². The van der Waals surface area contributed by atoms with Gasteiger partial charge in [0, 0.05) is 37.0 Å². The van der Waals surface area contributed by atoms with Gasteiger partial charge < -0.3 is 15.0 Å². The van der Waals surface area contributed by atoms with Crippen LogP contribution in [0.15, 0.2) is 18.2 Å². The van der Waals surface area contributed by atoms with Crippen molar-refractivity contribution in [3.05, 3.63) is 33.9 Å². The lowest BCUT2D eigenvalue weighted by Crippen LogP contribution is -2.36. The first kappa shape index (κ1) is 17.1. The van der Waals surface area contributed by atoms with E-state index >= 15 is 0 Å². The van der Waals surface area contributed by atoms with Crippen LogP contribution in [-0.2, 0) is 4.74 Å². The molecule has 1 aliphatic rings. The number of likely N-dealkylation sites (tertiary alicyclic amines) is 1. The number of benzene rings is 1. The van der Waals surface area contributed by atoms with Gasteiger partial charge in [-0.25, -0.2) is 4.79 Å². The number of nitrogens with zero attached hydrogens (tertiary/aromatic N) is 2. The summed E-state index contributed by atoms with van der Waals surface area (Å²) in [6.45, 7) is 8.56. The number of nitro groups is 1. The van der Waals surface area contributed by atoms with Crippen molar-refractivity contribution in [1.82, 2.24) is 4.90 Å². The summed E-state index contributed by atoms with van der Waals surface area (Å²) in [5.74, 6) is 0. The molecular formula is C16H23N3O4. The van der Waals surface area contributed by atoms with E-state index in [-0.39, 0.29) is 17.8 Å². The van der Waals surface area contributed by atoms with Crippen molar-refractivity contribution in [1.29, 1.82) is 0 Å². The second-order valence-corrected chi connectivity index (χ2v) is 6.81. The van der Waals surface area contributed by atoms with Crippen LogP contribution in [0.5, 0.6) is 0 Å². The average Bonchev–Trinajstić information content (AvgIpc) is 2.87. The van der Waals surface area contributed by atoms with E-state index in [0.717, 1.165) is 17.7 Å². The number of rotatable bonds is 3. The van der Waals surface area contributed by atoms with Crippen LogP contribution >= 0.6 is 0 Å². The number of anilines is 1. The van der Waals surface area contributed by atoms with Crippen molar-refractivity contribution in [3.8, 4) is 0 Å².